The number of hydrogen-bond donors (Lipinski definition) is 0. The second-order valence-electron chi connectivity index (χ2n) is 4.11. The van der Waals surface area contributed by atoms with E-state index in [0.717, 1.165) is 11.3 Å². The molecule has 0 bridgehead atoms. The van der Waals surface area contributed by atoms with Gasteiger partial charge in [-0.3, -0.25) is 4.79 Å². The molecule has 4 nitrogen and oxygen atoms in total. The monoisotopic (exact) mass is 301 g/mol. The Labute approximate surface area is 122 Å². The number of hydrogen-bond acceptors (Lipinski definition) is 4. The molecule has 1 aromatic carbocycles. The summed E-state index contributed by atoms with van der Waals surface area (Å²) in [7, 11) is 1.60. The van der Waals surface area contributed by atoms with Crippen molar-refractivity contribution in [1.29, 1.82) is 0 Å². The summed E-state index contributed by atoms with van der Waals surface area (Å²) in [6.45, 7) is 2.58. The van der Waals surface area contributed by atoms with E-state index in [1.165, 1.54) is 11.8 Å². The number of carbonyl (C=O) groups is 1. The van der Waals surface area contributed by atoms with Crippen LogP contribution in [0.2, 0.25) is 5.02 Å². The van der Waals surface area contributed by atoms with Gasteiger partial charge in [-0.05, 0) is 17.7 Å². The first-order valence-corrected chi connectivity index (χ1v) is 7.39. The Hall–Kier alpha value is -0.910. The maximum Gasteiger partial charge on any atom is 0.282 e. The Bertz CT molecular complexity index is 450. The number of benzene rings is 1. The summed E-state index contributed by atoms with van der Waals surface area (Å²) in [5.41, 5.74) is 0.939. The molecule has 1 aromatic rings. The normalized spacial score (nSPS) is 15.4. The third kappa shape index (κ3) is 4.03. The van der Waals surface area contributed by atoms with Crippen LogP contribution < -0.4 is 4.74 Å². The lowest BCUT2D eigenvalue weighted by atomic mass is 10.2. The number of morpholine rings is 1. The second kappa shape index (κ2) is 7.03. The fourth-order valence-electron chi connectivity index (χ4n) is 1.75. The van der Waals surface area contributed by atoms with Crippen LogP contribution >= 0.6 is 23.4 Å². The third-order valence-corrected chi connectivity index (χ3v) is 4.19. The van der Waals surface area contributed by atoms with Gasteiger partial charge in [0.25, 0.3) is 5.24 Å². The van der Waals surface area contributed by atoms with E-state index in [1.54, 1.807) is 13.2 Å². The van der Waals surface area contributed by atoms with Gasteiger partial charge in [0, 0.05) is 23.9 Å². The Kier molecular flexibility index (Phi) is 5.36. The molecular formula is C13H16ClNO3S. The van der Waals surface area contributed by atoms with Crippen molar-refractivity contribution in [2.24, 2.45) is 0 Å². The van der Waals surface area contributed by atoms with Gasteiger partial charge >= 0.3 is 0 Å². The lowest BCUT2D eigenvalue weighted by Gasteiger charge is -2.26. The second-order valence-corrected chi connectivity index (χ2v) is 5.45. The highest BCUT2D eigenvalue weighted by atomic mass is 35.5. The standard InChI is InChI=1S/C13H16ClNO3S/c1-17-11-3-2-10(12(14)8-11)9-19-13(16)15-4-6-18-7-5-15/h2-3,8H,4-7,9H2,1H3. The van der Waals surface area contributed by atoms with Crippen molar-refractivity contribution in [3.8, 4) is 5.75 Å². The van der Waals surface area contributed by atoms with Crippen LogP contribution in [-0.2, 0) is 10.5 Å². The number of rotatable bonds is 3. The van der Waals surface area contributed by atoms with E-state index in [0.29, 0.717) is 37.1 Å². The van der Waals surface area contributed by atoms with Crippen LogP contribution in [-0.4, -0.2) is 43.6 Å². The van der Waals surface area contributed by atoms with Gasteiger partial charge in [-0.25, -0.2) is 0 Å². The van der Waals surface area contributed by atoms with Crippen LogP contribution in [0.1, 0.15) is 5.56 Å². The molecule has 1 aliphatic rings. The smallest absolute Gasteiger partial charge is 0.282 e. The fourth-order valence-corrected chi connectivity index (χ4v) is 2.96. The molecule has 1 aliphatic heterocycles. The molecule has 19 heavy (non-hydrogen) atoms. The van der Waals surface area contributed by atoms with E-state index < -0.39 is 0 Å². The zero-order valence-electron chi connectivity index (χ0n) is 10.7. The van der Waals surface area contributed by atoms with E-state index in [1.807, 2.05) is 17.0 Å². The van der Waals surface area contributed by atoms with E-state index in [2.05, 4.69) is 0 Å². The predicted octanol–water partition coefficient (Wildman–Crippen LogP) is 3.03. The summed E-state index contributed by atoms with van der Waals surface area (Å²) in [6, 6.07) is 5.50. The highest BCUT2D eigenvalue weighted by Crippen LogP contribution is 2.26. The Morgan fingerprint density at radius 1 is 1.47 bits per heavy atom. The van der Waals surface area contributed by atoms with Crippen LogP contribution in [0.25, 0.3) is 0 Å². The van der Waals surface area contributed by atoms with Crippen molar-refractivity contribution in [2.75, 3.05) is 33.4 Å². The van der Waals surface area contributed by atoms with Crippen LogP contribution in [0, 0.1) is 0 Å². The summed E-state index contributed by atoms with van der Waals surface area (Å²) < 4.78 is 10.3. The van der Waals surface area contributed by atoms with Gasteiger partial charge in [-0.2, -0.15) is 0 Å². The average Bonchev–Trinajstić information content (AvgIpc) is 2.46. The van der Waals surface area contributed by atoms with Crippen molar-refractivity contribution in [3.05, 3.63) is 28.8 Å². The van der Waals surface area contributed by atoms with Crippen molar-refractivity contribution in [2.45, 2.75) is 5.75 Å². The van der Waals surface area contributed by atoms with Gasteiger partial charge in [0.05, 0.1) is 20.3 Å². The Morgan fingerprint density at radius 3 is 2.84 bits per heavy atom. The molecule has 0 atom stereocenters. The molecule has 1 amide bonds. The van der Waals surface area contributed by atoms with Crippen LogP contribution in [0.15, 0.2) is 18.2 Å². The first-order valence-electron chi connectivity index (χ1n) is 6.02. The summed E-state index contributed by atoms with van der Waals surface area (Å²) in [5, 5.41) is 0.705. The molecule has 0 spiro atoms. The van der Waals surface area contributed by atoms with Crippen LogP contribution in [0.5, 0.6) is 5.75 Å². The number of halogens is 1. The van der Waals surface area contributed by atoms with Gasteiger partial charge in [-0.1, -0.05) is 29.4 Å². The first kappa shape index (κ1) is 14.5. The summed E-state index contributed by atoms with van der Waals surface area (Å²) >= 11 is 7.41. The minimum atomic E-state index is 0.0789. The number of carbonyl (C=O) groups excluding carboxylic acids is 1. The number of thioether (sulfide) groups is 1. The molecule has 1 saturated heterocycles. The molecule has 0 saturated carbocycles. The molecule has 2 rings (SSSR count). The average molecular weight is 302 g/mol. The van der Waals surface area contributed by atoms with Gasteiger partial charge in [0.1, 0.15) is 5.75 Å². The molecule has 0 radical (unpaired) electrons. The predicted molar refractivity (Wildman–Crippen MR) is 77.1 cm³/mol. The van der Waals surface area contributed by atoms with Crippen molar-refractivity contribution >= 4 is 28.6 Å². The molecule has 0 unspecified atom stereocenters. The number of methoxy groups -OCH3 is 1. The minimum absolute atomic E-state index is 0.0789. The van der Waals surface area contributed by atoms with E-state index in [-0.39, 0.29) is 5.24 Å². The maximum absolute atomic E-state index is 12.0. The highest BCUT2D eigenvalue weighted by Gasteiger charge is 2.17. The first-order chi connectivity index (χ1) is 9.20. The molecular weight excluding hydrogens is 286 g/mol. The molecule has 104 valence electrons. The summed E-state index contributed by atoms with van der Waals surface area (Å²) in [5.74, 6) is 1.29. The van der Waals surface area contributed by atoms with E-state index >= 15 is 0 Å². The minimum Gasteiger partial charge on any atom is -0.497 e. The molecule has 1 fully saturated rings. The van der Waals surface area contributed by atoms with Crippen LogP contribution in [0.3, 0.4) is 0 Å². The Morgan fingerprint density at radius 2 is 2.21 bits per heavy atom. The molecule has 1 heterocycles. The quantitative estimate of drug-likeness (QED) is 0.860. The molecule has 0 N–H and O–H groups in total. The summed E-state index contributed by atoms with van der Waals surface area (Å²) in [6.07, 6.45) is 0. The summed E-state index contributed by atoms with van der Waals surface area (Å²) in [4.78, 5) is 13.8. The SMILES string of the molecule is COc1ccc(CSC(=O)N2CCOCC2)c(Cl)c1. The van der Waals surface area contributed by atoms with Crippen molar-refractivity contribution in [3.63, 3.8) is 0 Å². The maximum atomic E-state index is 12.0. The fraction of sp³-hybridized carbons (Fsp3) is 0.462. The number of ether oxygens (including phenoxy) is 2. The van der Waals surface area contributed by atoms with Crippen molar-refractivity contribution in [1.82, 2.24) is 4.90 Å². The largest absolute Gasteiger partial charge is 0.497 e. The number of amides is 1. The number of nitrogens with zero attached hydrogens (tertiary/aromatic N) is 1. The van der Waals surface area contributed by atoms with Crippen LogP contribution in [0.4, 0.5) is 4.79 Å². The van der Waals surface area contributed by atoms with E-state index in [9.17, 15) is 4.79 Å². The van der Waals surface area contributed by atoms with Gasteiger partial charge < -0.3 is 14.4 Å². The molecule has 6 heteroatoms. The zero-order chi connectivity index (χ0) is 13.7. The lowest BCUT2D eigenvalue weighted by Crippen LogP contribution is -2.38. The van der Waals surface area contributed by atoms with E-state index in [4.69, 9.17) is 21.1 Å². The van der Waals surface area contributed by atoms with Gasteiger partial charge in [0.15, 0.2) is 0 Å². The Balaban J connectivity index is 1.89. The van der Waals surface area contributed by atoms with Gasteiger partial charge in [-0.15, -0.1) is 0 Å². The highest BCUT2D eigenvalue weighted by molar-refractivity contribution is 8.12. The molecule has 0 aromatic heterocycles. The topological polar surface area (TPSA) is 38.8 Å². The van der Waals surface area contributed by atoms with Crippen molar-refractivity contribution < 1.29 is 14.3 Å². The zero-order valence-corrected chi connectivity index (χ0v) is 12.3. The van der Waals surface area contributed by atoms with Gasteiger partial charge in [0.2, 0.25) is 0 Å². The lowest BCUT2D eigenvalue weighted by molar-refractivity contribution is 0.0593. The molecule has 0 aliphatic carbocycles. The third-order valence-electron chi connectivity index (χ3n) is 2.88.